The van der Waals surface area contributed by atoms with Gasteiger partial charge >= 0.3 is 0 Å². The zero-order valence-electron chi connectivity index (χ0n) is 11.6. The van der Waals surface area contributed by atoms with Crippen LogP contribution in [0.25, 0.3) is 0 Å². The molecule has 3 unspecified atom stereocenters. The van der Waals surface area contributed by atoms with E-state index in [1.54, 1.807) is 0 Å². The number of β-amino-alcohol motifs (C(OH)–C–C–N with tert-alkyl or cyclic N) is 1. The van der Waals surface area contributed by atoms with Crippen LogP contribution < -0.4 is 5.32 Å². The van der Waals surface area contributed by atoms with Crippen molar-refractivity contribution in [1.82, 2.24) is 10.2 Å². The fourth-order valence-electron chi connectivity index (χ4n) is 3.23. The van der Waals surface area contributed by atoms with Gasteiger partial charge in [0.15, 0.2) is 0 Å². The lowest BCUT2D eigenvalue weighted by atomic mass is 9.95. The standard InChI is InChI=1S/C14H28N2OS/c1-18-14-7-3-2-6-13(14)15-10-12(17)11-16-8-4-5-9-16/h12-15,17H,2-11H2,1H3. The third-order valence-electron chi connectivity index (χ3n) is 4.29. The van der Waals surface area contributed by atoms with E-state index in [4.69, 9.17) is 0 Å². The molecule has 3 nitrogen and oxygen atoms in total. The summed E-state index contributed by atoms with van der Waals surface area (Å²) < 4.78 is 0. The molecule has 1 aliphatic carbocycles. The minimum Gasteiger partial charge on any atom is -0.390 e. The highest BCUT2D eigenvalue weighted by atomic mass is 32.2. The van der Waals surface area contributed by atoms with Gasteiger partial charge in [0, 0.05) is 24.4 Å². The highest BCUT2D eigenvalue weighted by Gasteiger charge is 2.24. The molecule has 1 saturated heterocycles. The molecule has 3 atom stereocenters. The first-order chi connectivity index (χ1) is 8.79. The van der Waals surface area contributed by atoms with Crippen LogP contribution in [-0.4, -0.2) is 59.8 Å². The Morgan fingerprint density at radius 3 is 2.67 bits per heavy atom. The van der Waals surface area contributed by atoms with E-state index in [1.807, 2.05) is 11.8 Å². The average Bonchev–Trinajstić information content (AvgIpc) is 2.89. The smallest absolute Gasteiger partial charge is 0.0791 e. The average molecular weight is 272 g/mol. The Balaban J connectivity index is 1.65. The van der Waals surface area contributed by atoms with E-state index in [-0.39, 0.29) is 6.10 Å². The third kappa shape index (κ3) is 4.41. The maximum absolute atomic E-state index is 10.1. The summed E-state index contributed by atoms with van der Waals surface area (Å²) in [6.07, 6.45) is 9.95. The van der Waals surface area contributed by atoms with Crippen LogP contribution in [0.2, 0.25) is 0 Å². The predicted molar refractivity (Wildman–Crippen MR) is 79.2 cm³/mol. The number of rotatable bonds is 6. The molecule has 2 N–H and O–H groups in total. The van der Waals surface area contributed by atoms with E-state index < -0.39 is 0 Å². The van der Waals surface area contributed by atoms with Gasteiger partial charge in [-0.3, -0.25) is 0 Å². The molecule has 0 bridgehead atoms. The molecule has 1 heterocycles. The van der Waals surface area contributed by atoms with Crippen LogP contribution in [0.5, 0.6) is 0 Å². The molecule has 0 spiro atoms. The van der Waals surface area contributed by atoms with E-state index in [0.717, 1.165) is 18.3 Å². The van der Waals surface area contributed by atoms with Crippen LogP contribution in [0.1, 0.15) is 38.5 Å². The SMILES string of the molecule is CSC1CCCCC1NCC(O)CN1CCCC1. The number of hydrogen-bond acceptors (Lipinski definition) is 4. The molecule has 0 aromatic rings. The van der Waals surface area contributed by atoms with E-state index >= 15 is 0 Å². The zero-order valence-corrected chi connectivity index (χ0v) is 12.4. The van der Waals surface area contributed by atoms with Crippen LogP contribution in [-0.2, 0) is 0 Å². The maximum atomic E-state index is 10.1. The second-order valence-corrected chi connectivity index (χ2v) is 6.81. The number of nitrogens with zero attached hydrogens (tertiary/aromatic N) is 1. The lowest BCUT2D eigenvalue weighted by Gasteiger charge is -2.32. The molecule has 0 aromatic carbocycles. The molecule has 106 valence electrons. The Morgan fingerprint density at radius 2 is 1.94 bits per heavy atom. The summed E-state index contributed by atoms with van der Waals surface area (Å²) in [6.45, 7) is 3.96. The normalized spacial score (nSPS) is 31.7. The van der Waals surface area contributed by atoms with Crippen molar-refractivity contribution >= 4 is 11.8 Å². The first kappa shape index (κ1) is 14.6. The summed E-state index contributed by atoms with van der Waals surface area (Å²) in [4.78, 5) is 2.39. The first-order valence-electron chi connectivity index (χ1n) is 7.46. The third-order valence-corrected chi connectivity index (χ3v) is 5.46. The monoisotopic (exact) mass is 272 g/mol. The zero-order chi connectivity index (χ0) is 12.8. The Labute approximate surface area is 116 Å². The number of likely N-dealkylation sites (tertiary alicyclic amines) is 1. The van der Waals surface area contributed by atoms with Crippen molar-refractivity contribution in [2.75, 3.05) is 32.4 Å². The van der Waals surface area contributed by atoms with Crippen molar-refractivity contribution < 1.29 is 5.11 Å². The largest absolute Gasteiger partial charge is 0.390 e. The van der Waals surface area contributed by atoms with Crippen molar-refractivity contribution in [2.24, 2.45) is 0 Å². The Hall–Kier alpha value is 0.230. The van der Waals surface area contributed by atoms with Crippen LogP contribution in [0, 0.1) is 0 Å². The Morgan fingerprint density at radius 1 is 1.22 bits per heavy atom. The molecule has 0 aromatic heterocycles. The molecule has 1 aliphatic heterocycles. The van der Waals surface area contributed by atoms with Crippen molar-refractivity contribution in [3.05, 3.63) is 0 Å². The van der Waals surface area contributed by atoms with Gasteiger partial charge in [-0.2, -0.15) is 11.8 Å². The van der Waals surface area contributed by atoms with Crippen LogP contribution in [0.15, 0.2) is 0 Å². The Bertz CT molecular complexity index is 234. The van der Waals surface area contributed by atoms with Gasteiger partial charge in [-0.1, -0.05) is 12.8 Å². The number of aliphatic hydroxyl groups is 1. The summed E-state index contributed by atoms with van der Waals surface area (Å²) in [5.41, 5.74) is 0. The summed E-state index contributed by atoms with van der Waals surface area (Å²) in [7, 11) is 0. The number of hydrogen-bond donors (Lipinski definition) is 2. The van der Waals surface area contributed by atoms with Crippen molar-refractivity contribution in [2.45, 2.75) is 55.9 Å². The molecular weight excluding hydrogens is 244 g/mol. The van der Waals surface area contributed by atoms with Gasteiger partial charge in [-0.15, -0.1) is 0 Å². The molecule has 0 amide bonds. The summed E-state index contributed by atoms with van der Waals surface area (Å²) in [6, 6.07) is 0.613. The van der Waals surface area contributed by atoms with Crippen molar-refractivity contribution in [3.8, 4) is 0 Å². The second kappa shape index (κ2) is 7.73. The molecule has 2 aliphatic rings. The molecule has 2 rings (SSSR count). The highest BCUT2D eigenvalue weighted by Crippen LogP contribution is 2.27. The molecular formula is C14H28N2OS. The van der Waals surface area contributed by atoms with E-state index in [9.17, 15) is 5.11 Å². The minimum absolute atomic E-state index is 0.201. The van der Waals surface area contributed by atoms with Gasteiger partial charge in [-0.05, 0) is 45.0 Å². The van der Waals surface area contributed by atoms with Gasteiger partial charge in [0.1, 0.15) is 0 Å². The molecule has 18 heavy (non-hydrogen) atoms. The van der Waals surface area contributed by atoms with Crippen molar-refractivity contribution in [1.29, 1.82) is 0 Å². The topological polar surface area (TPSA) is 35.5 Å². The number of aliphatic hydroxyl groups excluding tert-OH is 1. The van der Waals surface area contributed by atoms with Crippen LogP contribution >= 0.6 is 11.8 Å². The molecule has 0 radical (unpaired) electrons. The van der Waals surface area contributed by atoms with Crippen molar-refractivity contribution in [3.63, 3.8) is 0 Å². The lowest BCUT2D eigenvalue weighted by molar-refractivity contribution is 0.118. The molecule has 2 fully saturated rings. The van der Waals surface area contributed by atoms with Gasteiger partial charge in [0.2, 0.25) is 0 Å². The van der Waals surface area contributed by atoms with E-state index in [1.165, 1.54) is 51.6 Å². The Kier molecular flexibility index (Phi) is 6.29. The lowest BCUT2D eigenvalue weighted by Crippen LogP contribution is -2.46. The minimum atomic E-state index is -0.201. The fraction of sp³-hybridized carbons (Fsp3) is 1.00. The van der Waals surface area contributed by atoms with Crippen LogP contribution in [0.3, 0.4) is 0 Å². The molecule has 1 saturated carbocycles. The summed E-state index contributed by atoms with van der Waals surface area (Å²) >= 11 is 1.98. The first-order valence-corrected chi connectivity index (χ1v) is 8.75. The fourth-order valence-corrected chi connectivity index (χ4v) is 4.19. The number of nitrogens with one attached hydrogen (secondary N) is 1. The summed E-state index contributed by atoms with van der Waals surface area (Å²) in [5.74, 6) is 0. The molecule has 4 heteroatoms. The van der Waals surface area contributed by atoms with Gasteiger partial charge in [0.25, 0.3) is 0 Å². The van der Waals surface area contributed by atoms with Gasteiger partial charge in [0.05, 0.1) is 6.10 Å². The van der Waals surface area contributed by atoms with Crippen LogP contribution in [0.4, 0.5) is 0 Å². The van der Waals surface area contributed by atoms with E-state index in [0.29, 0.717) is 6.04 Å². The van der Waals surface area contributed by atoms with Gasteiger partial charge in [-0.25, -0.2) is 0 Å². The number of thioether (sulfide) groups is 1. The highest BCUT2D eigenvalue weighted by molar-refractivity contribution is 7.99. The second-order valence-electron chi connectivity index (χ2n) is 5.73. The maximum Gasteiger partial charge on any atom is 0.0791 e. The van der Waals surface area contributed by atoms with E-state index in [2.05, 4.69) is 16.5 Å². The summed E-state index contributed by atoms with van der Waals surface area (Å²) in [5, 5.41) is 14.4. The van der Waals surface area contributed by atoms with Gasteiger partial charge < -0.3 is 15.3 Å². The quantitative estimate of drug-likeness (QED) is 0.771. The predicted octanol–water partition coefficient (Wildman–Crippen LogP) is 1.71.